The quantitative estimate of drug-likeness (QED) is 0.762. The van der Waals surface area contributed by atoms with Gasteiger partial charge in [0, 0.05) is 45.2 Å². The Labute approximate surface area is 127 Å². The zero-order valence-corrected chi connectivity index (χ0v) is 13.2. The van der Waals surface area contributed by atoms with Crippen molar-refractivity contribution in [1.82, 2.24) is 24.4 Å². The Kier molecular flexibility index (Phi) is 3.61. The number of aryl methyl sites for hydroxylation is 1. The molecule has 0 aliphatic carbocycles. The molecule has 0 bridgehead atoms. The summed E-state index contributed by atoms with van der Waals surface area (Å²) >= 11 is 0. The molecule has 8 nitrogen and oxygen atoms in total. The van der Waals surface area contributed by atoms with Crippen LogP contribution in [0.15, 0.2) is 22.3 Å². The van der Waals surface area contributed by atoms with Crippen LogP contribution in [0, 0.1) is 0 Å². The maximum absolute atomic E-state index is 12.1. The summed E-state index contributed by atoms with van der Waals surface area (Å²) in [5, 5.41) is -0.256. The van der Waals surface area contributed by atoms with Gasteiger partial charge in [0.05, 0.1) is 17.8 Å². The molecule has 118 valence electrons. The first-order chi connectivity index (χ1) is 10.3. The fraction of sp³-hybridized carbons (Fsp3) is 0.462. The lowest BCUT2D eigenvalue weighted by Crippen LogP contribution is -2.36. The van der Waals surface area contributed by atoms with Crippen molar-refractivity contribution in [2.75, 3.05) is 12.8 Å². The highest BCUT2D eigenvalue weighted by molar-refractivity contribution is 7.90. The summed E-state index contributed by atoms with van der Waals surface area (Å²) < 4.78 is 25.0. The van der Waals surface area contributed by atoms with Gasteiger partial charge < -0.3 is 4.57 Å². The molecule has 0 amide bonds. The van der Waals surface area contributed by atoms with Gasteiger partial charge in [-0.2, -0.15) is 0 Å². The van der Waals surface area contributed by atoms with Crippen molar-refractivity contribution < 1.29 is 8.42 Å². The van der Waals surface area contributed by atoms with Crippen LogP contribution in [0.3, 0.4) is 0 Å². The lowest BCUT2D eigenvalue weighted by atomic mass is 10.1. The number of rotatable bonds is 3. The number of imidazole rings is 1. The van der Waals surface area contributed by atoms with E-state index in [1.165, 1.54) is 0 Å². The summed E-state index contributed by atoms with van der Waals surface area (Å²) in [7, 11) is -1.59. The molecule has 0 aromatic carbocycles. The van der Waals surface area contributed by atoms with Crippen molar-refractivity contribution in [2.45, 2.75) is 24.7 Å². The van der Waals surface area contributed by atoms with Gasteiger partial charge in [-0.1, -0.05) is 0 Å². The monoisotopic (exact) mass is 323 g/mol. The van der Waals surface area contributed by atoms with Crippen molar-refractivity contribution >= 4 is 9.84 Å². The molecule has 1 N–H and O–H groups in total. The Hall–Kier alpha value is -2.00. The number of hydrogen-bond donors (Lipinski definition) is 1. The molecule has 3 rings (SSSR count). The minimum Gasteiger partial charge on any atom is -0.337 e. The predicted molar refractivity (Wildman–Crippen MR) is 79.0 cm³/mol. The van der Waals surface area contributed by atoms with Crippen molar-refractivity contribution in [1.29, 1.82) is 0 Å². The smallest absolute Gasteiger partial charge is 0.256 e. The normalized spacial score (nSPS) is 15.7. The van der Waals surface area contributed by atoms with E-state index in [0.717, 1.165) is 12.1 Å². The van der Waals surface area contributed by atoms with Crippen LogP contribution in [0.2, 0.25) is 0 Å². The van der Waals surface area contributed by atoms with Gasteiger partial charge in [0.25, 0.3) is 5.56 Å². The Morgan fingerprint density at radius 1 is 1.41 bits per heavy atom. The third-order valence-corrected chi connectivity index (χ3v) is 4.66. The SMILES string of the molecule is Cn1ccnc1CN1CCc2nc(S(C)(=O)=O)[nH]c(=O)c2C1. The van der Waals surface area contributed by atoms with Crippen LogP contribution in [-0.4, -0.2) is 45.6 Å². The van der Waals surface area contributed by atoms with Gasteiger partial charge >= 0.3 is 0 Å². The summed E-state index contributed by atoms with van der Waals surface area (Å²) in [5.74, 6) is 0.917. The van der Waals surface area contributed by atoms with Gasteiger partial charge in [-0.05, 0) is 0 Å². The fourth-order valence-corrected chi connectivity index (χ4v) is 3.07. The zero-order valence-electron chi connectivity index (χ0n) is 12.4. The largest absolute Gasteiger partial charge is 0.337 e. The summed E-state index contributed by atoms with van der Waals surface area (Å²) in [6.45, 7) is 1.78. The van der Waals surface area contributed by atoms with Crippen LogP contribution in [0.5, 0.6) is 0 Å². The lowest BCUT2D eigenvalue weighted by molar-refractivity contribution is 0.232. The van der Waals surface area contributed by atoms with Crippen LogP contribution >= 0.6 is 0 Å². The number of aromatic amines is 1. The second-order valence-electron chi connectivity index (χ2n) is 5.48. The third-order valence-electron chi connectivity index (χ3n) is 3.76. The van der Waals surface area contributed by atoms with E-state index in [2.05, 4.69) is 19.9 Å². The van der Waals surface area contributed by atoms with Gasteiger partial charge in [-0.3, -0.25) is 14.7 Å². The highest BCUT2D eigenvalue weighted by atomic mass is 32.2. The topological polar surface area (TPSA) is 101 Å². The number of nitrogens with one attached hydrogen (secondary N) is 1. The number of fused-ring (bicyclic) bond motifs is 1. The van der Waals surface area contributed by atoms with E-state index in [4.69, 9.17) is 0 Å². The lowest BCUT2D eigenvalue weighted by Gasteiger charge is -2.27. The summed E-state index contributed by atoms with van der Waals surface area (Å²) in [4.78, 5) is 25.0. The minimum atomic E-state index is -3.51. The van der Waals surface area contributed by atoms with Crippen molar-refractivity contribution in [3.05, 3.63) is 39.8 Å². The molecule has 2 aromatic heterocycles. The minimum absolute atomic E-state index is 0.256. The van der Waals surface area contributed by atoms with Gasteiger partial charge in [0.15, 0.2) is 0 Å². The second kappa shape index (κ2) is 5.33. The molecule has 0 saturated carbocycles. The summed E-state index contributed by atoms with van der Waals surface area (Å²) in [5.41, 5.74) is 0.725. The molecule has 0 radical (unpaired) electrons. The van der Waals surface area contributed by atoms with Crippen molar-refractivity contribution in [3.63, 3.8) is 0 Å². The van der Waals surface area contributed by atoms with E-state index in [1.807, 2.05) is 17.8 Å². The predicted octanol–water partition coefficient (Wildman–Crippen LogP) is -0.535. The summed E-state index contributed by atoms with van der Waals surface area (Å²) in [6.07, 6.45) is 5.19. The molecule has 1 aliphatic rings. The van der Waals surface area contributed by atoms with Crippen LogP contribution < -0.4 is 5.56 Å². The first-order valence-corrected chi connectivity index (χ1v) is 8.74. The molecule has 3 heterocycles. The van der Waals surface area contributed by atoms with Crippen LogP contribution in [0.4, 0.5) is 0 Å². The fourth-order valence-electron chi connectivity index (χ4n) is 2.52. The first kappa shape index (κ1) is 14.9. The molecular weight excluding hydrogens is 306 g/mol. The molecule has 0 unspecified atom stereocenters. The maximum Gasteiger partial charge on any atom is 0.256 e. The van der Waals surface area contributed by atoms with E-state index in [1.54, 1.807) is 6.20 Å². The third kappa shape index (κ3) is 2.81. The van der Waals surface area contributed by atoms with Crippen LogP contribution in [0.25, 0.3) is 0 Å². The number of nitrogens with zero attached hydrogens (tertiary/aromatic N) is 4. The average Bonchev–Trinajstić information content (AvgIpc) is 2.84. The number of sulfone groups is 1. The summed E-state index contributed by atoms with van der Waals surface area (Å²) in [6, 6.07) is 0. The van der Waals surface area contributed by atoms with E-state index >= 15 is 0 Å². The second-order valence-corrected chi connectivity index (χ2v) is 7.41. The van der Waals surface area contributed by atoms with E-state index < -0.39 is 9.84 Å². The van der Waals surface area contributed by atoms with Crippen molar-refractivity contribution in [2.24, 2.45) is 7.05 Å². The molecule has 1 aliphatic heterocycles. The molecule has 9 heteroatoms. The van der Waals surface area contributed by atoms with Crippen LogP contribution in [0.1, 0.15) is 17.1 Å². The maximum atomic E-state index is 12.1. The van der Waals surface area contributed by atoms with Gasteiger partial charge in [-0.25, -0.2) is 18.4 Å². The van der Waals surface area contributed by atoms with Crippen LogP contribution in [-0.2, 0) is 36.4 Å². The molecule has 0 saturated heterocycles. The number of H-pyrrole nitrogens is 1. The first-order valence-electron chi connectivity index (χ1n) is 6.85. The standard InChI is InChI=1S/C13H17N5O3S/c1-17-6-4-14-11(17)8-18-5-3-10-9(7-18)12(19)16-13(15-10)22(2,20)21/h4,6H,3,5,7-8H2,1-2H3,(H,15,16,19). The molecular formula is C13H17N5O3S. The van der Waals surface area contributed by atoms with E-state index in [9.17, 15) is 13.2 Å². The molecule has 0 fully saturated rings. The Morgan fingerprint density at radius 2 is 2.18 bits per heavy atom. The highest BCUT2D eigenvalue weighted by Gasteiger charge is 2.24. The molecule has 2 aromatic rings. The van der Waals surface area contributed by atoms with Gasteiger partial charge in [0.2, 0.25) is 15.0 Å². The average molecular weight is 323 g/mol. The highest BCUT2D eigenvalue weighted by Crippen LogP contribution is 2.16. The number of aromatic nitrogens is 4. The van der Waals surface area contributed by atoms with E-state index in [-0.39, 0.29) is 10.7 Å². The Morgan fingerprint density at radius 3 is 2.82 bits per heavy atom. The van der Waals surface area contributed by atoms with Gasteiger partial charge in [-0.15, -0.1) is 0 Å². The van der Waals surface area contributed by atoms with Gasteiger partial charge in [0.1, 0.15) is 5.82 Å². The zero-order chi connectivity index (χ0) is 15.9. The van der Waals surface area contributed by atoms with E-state index in [0.29, 0.717) is 37.3 Å². The molecule has 22 heavy (non-hydrogen) atoms. The molecule has 0 spiro atoms. The Bertz CT molecular complexity index is 868. The molecule has 0 atom stereocenters. The number of hydrogen-bond acceptors (Lipinski definition) is 6. The van der Waals surface area contributed by atoms with Crippen molar-refractivity contribution in [3.8, 4) is 0 Å². The Balaban J connectivity index is 1.88.